The van der Waals surface area contributed by atoms with Crippen LogP contribution in [-0.4, -0.2) is 34.8 Å². The molecular weight excluding hydrogens is 254 g/mol. The third-order valence-electron chi connectivity index (χ3n) is 3.28. The minimum atomic E-state index is -0.162. The van der Waals surface area contributed by atoms with Gasteiger partial charge in [-0.25, -0.2) is 4.98 Å². The molecule has 0 bridgehead atoms. The van der Waals surface area contributed by atoms with Crippen molar-refractivity contribution in [3.8, 4) is 5.88 Å². The van der Waals surface area contributed by atoms with Gasteiger partial charge < -0.3 is 15.2 Å². The number of rotatable bonds is 6. The zero-order chi connectivity index (χ0) is 14.4. The Morgan fingerprint density at radius 1 is 1.25 bits per heavy atom. The molecule has 0 spiro atoms. The normalized spacial score (nSPS) is 13.6. The third kappa shape index (κ3) is 3.45. The minimum Gasteiger partial charge on any atom is -0.481 e. The summed E-state index contributed by atoms with van der Waals surface area (Å²) in [5, 5.41) is 12.7. The summed E-state index contributed by atoms with van der Waals surface area (Å²) in [6.45, 7) is 2.06. The van der Waals surface area contributed by atoms with Gasteiger partial charge in [0.15, 0.2) is 0 Å². The molecule has 1 aromatic carbocycles. The average molecular weight is 273 g/mol. The number of anilines is 1. The van der Waals surface area contributed by atoms with Gasteiger partial charge in [-0.3, -0.25) is 0 Å². The Labute approximate surface area is 118 Å². The van der Waals surface area contributed by atoms with Crippen LogP contribution in [-0.2, 0) is 0 Å². The van der Waals surface area contributed by atoms with Crippen molar-refractivity contribution in [2.24, 2.45) is 0 Å². The van der Waals surface area contributed by atoms with Crippen molar-refractivity contribution < 1.29 is 9.84 Å². The van der Waals surface area contributed by atoms with E-state index in [1.807, 2.05) is 30.3 Å². The molecule has 106 valence electrons. The van der Waals surface area contributed by atoms with E-state index in [1.54, 1.807) is 19.4 Å². The Kier molecular flexibility index (Phi) is 4.90. The second-order valence-corrected chi connectivity index (χ2v) is 4.56. The summed E-state index contributed by atoms with van der Waals surface area (Å²) < 4.78 is 5.06. The molecule has 2 aromatic rings. The van der Waals surface area contributed by atoms with Gasteiger partial charge in [0.25, 0.3) is 0 Å². The second-order valence-electron chi connectivity index (χ2n) is 4.56. The molecule has 1 aromatic heterocycles. The van der Waals surface area contributed by atoms with Crippen molar-refractivity contribution >= 4 is 5.95 Å². The van der Waals surface area contributed by atoms with Crippen molar-refractivity contribution in [1.82, 2.24) is 9.97 Å². The molecule has 0 fully saturated rings. The van der Waals surface area contributed by atoms with Gasteiger partial charge in [-0.2, -0.15) is 4.98 Å². The Morgan fingerprint density at radius 3 is 2.65 bits per heavy atom. The Morgan fingerprint density at radius 2 is 2.00 bits per heavy atom. The second kappa shape index (κ2) is 6.86. The highest BCUT2D eigenvalue weighted by atomic mass is 16.5. The zero-order valence-electron chi connectivity index (χ0n) is 11.7. The predicted molar refractivity (Wildman–Crippen MR) is 77.9 cm³/mol. The smallest absolute Gasteiger partial charge is 0.226 e. The van der Waals surface area contributed by atoms with Crippen LogP contribution in [0, 0.1) is 0 Å². The van der Waals surface area contributed by atoms with Crippen molar-refractivity contribution in [3.05, 3.63) is 48.2 Å². The van der Waals surface area contributed by atoms with Crippen LogP contribution in [0.1, 0.15) is 18.4 Å². The maximum Gasteiger partial charge on any atom is 0.226 e. The lowest BCUT2D eigenvalue weighted by molar-refractivity contribution is 0.261. The summed E-state index contributed by atoms with van der Waals surface area (Å²) in [5.74, 6) is 1.08. The number of aliphatic hydroxyl groups excluding tert-OH is 1. The number of ether oxygens (including phenoxy) is 1. The van der Waals surface area contributed by atoms with E-state index in [0.29, 0.717) is 11.8 Å². The largest absolute Gasteiger partial charge is 0.481 e. The Balaban J connectivity index is 2.12. The lowest BCUT2D eigenvalue weighted by atomic mass is 9.94. The van der Waals surface area contributed by atoms with Crippen molar-refractivity contribution in [2.75, 3.05) is 19.0 Å². The minimum absolute atomic E-state index is 0.00334. The lowest BCUT2D eigenvalue weighted by Gasteiger charge is -2.23. The third-order valence-corrected chi connectivity index (χ3v) is 3.28. The fourth-order valence-corrected chi connectivity index (χ4v) is 2.01. The highest BCUT2D eigenvalue weighted by molar-refractivity contribution is 5.32. The summed E-state index contributed by atoms with van der Waals surface area (Å²) in [4.78, 5) is 8.34. The van der Waals surface area contributed by atoms with E-state index in [-0.39, 0.29) is 18.6 Å². The van der Waals surface area contributed by atoms with Gasteiger partial charge in [0.1, 0.15) is 0 Å². The zero-order valence-corrected chi connectivity index (χ0v) is 11.7. The number of aliphatic hydroxyl groups is 1. The van der Waals surface area contributed by atoms with Gasteiger partial charge in [-0.1, -0.05) is 37.3 Å². The molecule has 0 radical (unpaired) electrons. The number of hydrogen-bond acceptors (Lipinski definition) is 5. The number of benzene rings is 1. The van der Waals surface area contributed by atoms with Crippen molar-refractivity contribution in [1.29, 1.82) is 0 Å². The number of methoxy groups -OCH3 is 1. The molecule has 0 aliphatic rings. The molecular formula is C15H19N3O2. The van der Waals surface area contributed by atoms with E-state index in [2.05, 4.69) is 22.2 Å². The molecule has 0 aliphatic heterocycles. The summed E-state index contributed by atoms with van der Waals surface area (Å²) in [7, 11) is 1.56. The molecule has 1 heterocycles. The van der Waals surface area contributed by atoms with Gasteiger partial charge in [0.05, 0.1) is 19.8 Å². The highest BCUT2D eigenvalue weighted by Gasteiger charge is 2.19. The monoisotopic (exact) mass is 273 g/mol. The van der Waals surface area contributed by atoms with E-state index in [4.69, 9.17) is 4.74 Å². The molecule has 20 heavy (non-hydrogen) atoms. The summed E-state index contributed by atoms with van der Waals surface area (Å²) in [6.07, 6.45) is 1.62. The van der Waals surface area contributed by atoms with Gasteiger partial charge in [-0.15, -0.1) is 0 Å². The highest BCUT2D eigenvalue weighted by Crippen LogP contribution is 2.21. The van der Waals surface area contributed by atoms with Crippen LogP contribution in [0.15, 0.2) is 42.6 Å². The van der Waals surface area contributed by atoms with Crippen LogP contribution in [0.5, 0.6) is 5.88 Å². The van der Waals surface area contributed by atoms with Crippen molar-refractivity contribution in [3.63, 3.8) is 0 Å². The van der Waals surface area contributed by atoms with Crippen LogP contribution in [0.4, 0.5) is 5.95 Å². The Hall–Kier alpha value is -2.14. The first-order chi connectivity index (χ1) is 9.74. The SMILES string of the molecule is COc1ccnc(NC(CO)C(C)c2ccccc2)n1. The number of nitrogens with zero attached hydrogens (tertiary/aromatic N) is 2. The topological polar surface area (TPSA) is 67.3 Å². The molecule has 0 saturated carbocycles. The average Bonchev–Trinajstić information content (AvgIpc) is 2.53. The quantitative estimate of drug-likeness (QED) is 0.843. The fraction of sp³-hybridized carbons (Fsp3) is 0.333. The molecule has 2 N–H and O–H groups in total. The van der Waals surface area contributed by atoms with E-state index in [1.165, 1.54) is 0 Å². The molecule has 5 heteroatoms. The van der Waals surface area contributed by atoms with Crippen LogP contribution in [0.2, 0.25) is 0 Å². The predicted octanol–water partition coefficient (Wildman–Crippen LogP) is 2.06. The molecule has 5 nitrogen and oxygen atoms in total. The molecule has 2 atom stereocenters. The van der Waals surface area contributed by atoms with Crippen LogP contribution < -0.4 is 10.1 Å². The first-order valence-corrected chi connectivity index (χ1v) is 6.54. The van der Waals surface area contributed by atoms with Gasteiger partial charge in [0, 0.05) is 18.2 Å². The van der Waals surface area contributed by atoms with E-state index in [0.717, 1.165) is 5.56 Å². The number of hydrogen-bond donors (Lipinski definition) is 2. The van der Waals surface area contributed by atoms with Crippen LogP contribution in [0.3, 0.4) is 0 Å². The first-order valence-electron chi connectivity index (χ1n) is 6.54. The molecule has 0 saturated heterocycles. The van der Waals surface area contributed by atoms with E-state index < -0.39 is 0 Å². The maximum absolute atomic E-state index is 9.60. The standard InChI is InChI=1S/C15H19N3O2/c1-11(12-6-4-3-5-7-12)13(10-19)17-15-16-9-8-14(18-15)20-2/h3-9,11,13,19H,10H2,1-2H3,(H,16,17,18). The van der Waals surface area contributed by atoms with E-state index in [9.17, 15) is 5.11 Å². The summed E-state index contributed by atoms with van der Waals surface area (Å²) in [5.41, 5.74) is 1.15. The van der Waals surface area contributed by atoms with E-state index >= 15 is 0 Å². The Bertz CT molecular complexity index is 534. The van der Waals surface area contributed by atoms with Crippen molar-refractivity contribution in [2.45, 2.75) is 18.9 Å². The van der Waals surface area contributed by atoms with Crippen LogP contribution in [0.25, 0.3) is 0 Å². The maximum atomic E-state index is 9.60. The molecule has 0 amide bonds. The van der Waals surface area contributed by atoms with Crippen LogP contribution >= 0.6 is 0 Å². The summed E-state index contributed by atoms with van der Waals surface area (Å²) >= 11 is 0. The molecule has 0 aliphatic carbocycles. The van der Waals surface area contributed by atoms with Gasteiger partial charge in [0.2, 0.25) is 11.8 Å². The summed E-state index contributed by atoms with van der Waals surface area (Å²) in [6, 6.07) is 11.6. The lowest BCUT2D eigenvalue weighted by Crippen LogP contribution is -2.30. The fourth-order valence-electron chi connectivity index (χ4n) is 2.01. The first kappa shape index (κ1) is 14.3. The molecule has 2 rings (SSSR count). The number of aromatic nitrogens is 2. The molecule has 2 unspecified atom stereocenters. The van der Waals surface area contributed by atoms with Gasteiger partial charge >= 0.3 is 0 Å². The van der Waals surface area contributed by atoms with Gasteiger partial charge in [-0.05, 0) is 5.56 Å². The number of nitrogens with one attached hydrogen (secondary N) is 1.